The highest BCUT2D eigenvalue weighted by Crippen LogP contribution is 2.51. The van der Waals surface area contributed by atoms with E-state index in [0.717, 1.165) is 0 Å². The number of fused-ring (bicyclic) bond motifs is 2. The third kappa shape index (κ3) is 1.86. The van der Waals surface area contributed by atoms with Crippen LogP contribution in [-0.4, -0.2) is 23.7 Å². The van der Waals surface area contributed by atoms with Crippen LogP contribution in [0.2, 0.25) is 0 Å². The molecule has 0 saturated carbocycles. The number of carbonyl (C=O) groups is 2. The molecule has 2 aromatic carbocycles. The summed E-state index contributed by atoms with van der Waals surface area (Å²) in [4.78, 5) is 26.0. The summed E-state index contributed by atoms with van der Waals surface area (Å²) in [6.07, 6.45) is -1.25. The third-order valence-corrected chi connectivity index (χ3v) is 4.80. The van der Waals surface area contributed by atoms with Gasteiger partial charge in [-0.15, -0.1) is 0 Å². The Bertz CT molecular complexity index is 948. The van der Waals surface area contributed by atoms with Crippen LogP contribution in [0.3, 0.4) is 0 Å². The van der Waals surface area contributed by atoms with E-state index in [1.54, 1.807) is 54.6 Å². The predicted molar refractivity (Wildman–Crippen MR) is 89.2 cm³/mol. The lowest BCUT2D eigenvalue weighted by Crippen LogP contribution is -2.50. The standard InChI is InChI=1S/C19H13N3O3/c20-10-13-17(21)25-16(15(23)11-6-2-1-3-7-11)19(13)12-8-4-5-9-14(12)22-18(19)24/h1-9,13,16,21H,(H,22,24)/t13?,16-,19-/m1/s1. The first-order valence-electron chi connectivity index (χ1n) is 7.75. The van der Waals surface area contributed by atoms with Gasteiger partial charge in [0.2, 0.25) is 17.6 Å². The molecule has 1 amide bonds. The number of ether oxygens (including phenoxy) is 1. The minimum atomic E-state index is -1.55. The highest BCUT2D eigenvalue weighted by atomic mass is 16.5. The molecule has 6 heteroatoms. The van der Waals surface area contributed by atoms with Crippen molar-refractivity contribution in [1.82, 2.24) is 0 Å². The lowest BCUT2D eigenvalue weighted by atomic mass is 9.67. The van der Waals surface area contributed by atoms with Gasteiger partial charge in [0, 0.05) is 11.3 Å². The summed E-state index contributed by atoms with van der Waals surface area (Å²) < 4.78 is 5.50. The number of nitrogens with zero attached hydrogens (tertiary/aromatic N) is 1. The van der Waals surface area contributed by atoms with Gasteiger partial charge in [-0.05, 0) is 11.6 Å². The molecule has 2 heterocycles. The fourth-order valence-electron chi connectivity index (χ4n) is 3.67. The van der Waals surface area contributed by atoms with Gasteiger partial charge in [-0.2, -0.15) is 5.26 Å². The van der Waals surface area contributed by atoms with Gasteiger partial charge in [0.15, 0.2) is 6.10 Å². The van der Waals surface area contributed by atoms with E-state index in [-0.39, 0.29) is 5.90 Å². The molecule has 0 bridgehead atoms. The van der Waals surface area contributed by atoms with E-state index in [4.69, 9.17) is 10.1 Å². The van der Waals surface area contributed by atoms with Gasteiger partial charge < -0.3 is 10.1 Å². The van der Waals surface area contributed by atoms with Gasteiger partial charge in [-0.1, -0.05) is 48.5 Å². The molecule has 1 saturated heterocycles. The molecule has 2 aliphatic rings. The van der Waals surface area contributed by atoms with E-state index >= 15 is 0 Å². The van der Waals surface area contributed by atoms with Crippen molar-refractivity contribution >= 4 is 23.3 Å². The Morgan fingerprint density at radius 3 is 2.56 bits per heavy atom. The number of para-hydroxylation sites is 1. The normalized spacial score (nSPS) is 26.7. The molecular formula is C19H13N3O3. The zero-order valence-electron chi connectivity index (χ0n) is 13.0. The van der Waals surface area contributed by atoms with Crippen LogP contribution in [0.4, 0.5) is 5.69 Å². The second kappa shape index (κ2) is 5.28. The van der Waals surface area contributed by atoms with Gasteiger partial charge in [0.1, 0.15) is 11.3 Å². The Kier molecular flexibility index (Phi) is 3.19. The largest absolute Gasteiger partial charge is 0.467 e. The fourth-order valence-corrected chi connectivity index (χ4v) is 3.67. The molecule has 122 valence electrons. The molecule has 0 aliphatic carbocycles. The van der Waals surface area contributed by atoms with Crippen molar-refractivity contribution in [2.45, 2.75) is 11.5 Å². The van der Waals surface area contributed by atoms with Crippen molar-refractivity contribution in [3.63, 3.8) is 0 Å². The monoisotopic (exact) mass is 331 g/mol. The summed E-state index contributed by atoms with van der Waals surface area (Å²) >= 11 is 0. The minimum absolute atomic E-state index is 0.358. The maximum Gasteiger partial charge on any atom is 0.241 e. The number of nitrogens with one attached hydrogen (secondary N) is 2. The van der Waals surface area contributed by atoms with Crippen LogP contribution < -0.4 is 5.32 Å². The topological polar surface area (TPSA) is 103 Å². The molecule has 2 aliphatic heterocycles. The predicted octanol–water partition coefficient (Wildman–Crippen LogP) is 2.28. The van der Waals surface area contributed by atoms with E-state index in [1.807, 2.05) is 6.07 Å². The SMILES string of the molecule is N#CC1C(=N)O[C@H](C(=O)c2ccccc2)[C@]12C(=O)Nc1ccccc12. The number of carbonyl (C=O) groups excluding carboxylic acids is 2. The molecule has 25 heavy (non-hydrogen) atoms. The Morgan fingerprint density at radius 1 is 1.16 bits per heavy atom. The molecule has 1 unspecified atom stereocenters. The number of nitriles is 1. The third-order valence-electron chi connectivity index (χ3n) is 4.80. The van der Waals surface area contributed by atoms with Crippen LogP contribution in [-0.2, 0) is 14.9 Å². The molecule has 2 N–H and O–H groups in total. The van der Waals surface area contributed by atoms with Crippen LogP contribution in [0.15, 0.2) is 54.6 Å². The van der Waals surface area contributed by atoms with Crippen molar-refractivity contribution in [1.29, 1.82) is 10.7 Å². The molecular weight excluding hydrogens is 318 g/mol. The van der Waals surface area contributed by atoms with Crippen LogP contribution in [0.25, 0.3) is 0 Å². The molecule has 2 aromatic rings. The minimum Gasteiger partial charge on any atom is -0.467 e. The molecule has 3 atom stereocenters. The van der Waals surface area contributed by atoms with Crippen molar-refractivity contribution in [3.8, 4) is 6.07 Å². The lowest BCUT2D eigenvalue weighted by Gasteiger charge is -2.27. The second-order valence-corrected chi connectivity index (χ2v) is 6.02. The van der Waals surface area contributed by atoms with Crippen molar-refractivity contribution < 1.29 is 14.3 Å². The van der Waals surface area contributed by atoms with Gasteiger partial charge in [0.05, 0.1) is 6.07 Å². The highest BCUT2D eigenvalue weighted by Gasteiger charge is 2.67. The van der Waals surface area contributed by atoms with E-state index in [1.165, 1.54) is 0 Å². The number of amides is 1. The molecule has 1 spiro atoms. The Morgan fingerprint density at radius 2 is 1.84 bits per heavy atom. The van der Waals surface area contributed by atoms with E-state index in [9.17, 15) is 14.9 Å². The van der Waals surface area contributed by atoms with Gasteiger partial charge >= 0.3 is 0 Å². The highest BCUT2D eigenvalue weighted by molar-refractivity contribution is 6.17. The summed E-state index contributed by atoms with van der Waals surface area (Å²) in [7, 11) is 0. The fraction of sp³-hybridized carbons (Fsp3) is 0.158. The first kappa shape index (κ1) is 15.1. The summed E-state index contributed by atoms with van der Waals surface area (Å²) in [6.45, 7) is 0. The Labute approximate surface area is 143 Å². The Balaban J connectivity index is 1.94. The summed E-state index contributed by atoms with van der Waals surface area (Å²) in [6, 6.07) is 17.4. The lowest BCUT2D eigenvalue weighted by molar-refractivity contribution is -0.122. The average Bonchev–Trinajstić information content (AvgIpc) is 3.10. The quantitative estimate of drug-likeness (QED) is 0.824. The summed E-state index contributed by atoms with van der Waals surface area (Å²) in [5, 5.41) is 20.4. The molecule has 6 nitrogen and oxygen atoms in total. The van der Waals surface area contributed by atoms with Gasteiger partial charge in [0.25, 0.3) is 0 Å². The van der Waals surface area contributed by atoms with E-state index in [0.29, 0.717) is 16.8 Å². The van der Waals surface area contributed by atoms with Crippen molar-refractivity contribution in [2.75, 3.05) is 5.32 Å². The number of Topliss-reactive ketones (excluding diaryl/α,β-unsaturated/α-hetero) is 1. The first-order chi connectivity index (χ1) is 12.1. The zero-order valence-corrected chi connectivity index (χ0v) is 13.0. The van der Waals surface area contributed by atoms with E-state index in [2.05, 4.69) is 5.32 Å². The molecule has 0 radical (unpaired) electrons. The van der Waals surface area contributed by atoms with Crippen LogP contribution in [0, 0.1) is 22.7 Å². The van der Waals surface area contributed by atoms with Crippen LogP contribution in [0.1, 0.15) is 15.9 Å². The maximum atomic E-state index is 13.1. The first-order valence-corrected chi connectivity index (χ1v) is 7.75. The number of ketones is 1. The number of hydrogen-bond donors (Lipinski definition) is 2. The number of benzene rings is 2. The number of rotatable bonds is 2. The second-order valence-electron chi connectivity index (χ2n) is 6.02. The number of anilines is 1. The van der Waals surface area contributed by atoms with Crippen LogP contribution in [0.5, 0.6) is 0 Å². The van der Waals surface area contributed by atoms with Crippen molar-refractivity contribution in [3.05, 3.63) is 65.7 Å². The molecule has 1 fully saturated rings. The number of hydrogen-bond acceptors (Lipinski definition) is 5. The Hall–Kier alpha value is -3.46. The van der Waals surface area contributed by atoms with Gasteiger partial charge in [-0.3, -0.25) is 15.0 Å². The summed E-state index contributed by atoms with van der Waals surface area (Å²) in [5.41, 5.74) is -0.120. The average molecular weight is 331 g/mol. The van der Waals surface area contributed by atoms with E-state index < -0.39 is 29.1 Å². The van der Waals surface area contributed by atoms with Crippen LogP contribution >= 0.6 is 0 Å². The molecule has 4 rings (SSSR count). The van der Waals surface area contributed by atoms with Gasteiger partial charge in [-0.25, -0.2) is 0 Å². The molecule has 0 aromatic heterocycles. The van der Waals surface area contributed by atoms with Crippen molar-refractivity contribution in [2.24, 2.45) is 5.92 Å². The summed E-state index contributed by atoms with van der Waals surface area (Å²) in [5.74, 6) is -2.43. The zero-order chi connectivity index (χ0) is 17.6. The smallest absolute Gasteiger partial charge is 0.241 e. The maximum absolute atomic E-state index is 13.1.